The molecule has 0 spiro atoms. The van der Waals surface area contributed by atoms with Crippen LogP contribution in [0, 0.1) is 0 Å². The predicted octanol–water partition coefficient (Wildman–Crippen LogP) is 2.65. The maximum absolute atomic E-state index is 12.8. The van der Waals surface area contributed by atoms with Crippen LogP contribution in [-0.2, 0) is 29.0 Å². The van der Waals surface area contributed by atoms with Gasteiger partial charge in [-0.15, -0.1) is 0 Å². The molecule has 0 atom stereocenters. The summed E-state index contributed by atoms with van der Waals surface area (Å²) in [6.45, 7) is 2.76. The Bertz CT molecular complexity index is 992. The second-order valence-corrected chi connectivity index (χ2v) is 6.63. The van der Waals surface area contributed by atoms with Gasteiger partial charge in [0, 0.05) is 31.1 Å². The number of nitrogens with one attached hydrogen (secondary N) is 2. The van der Waals surface area contributed by atoms with E-state index in [4.69, 9.17) is 0 Å². The van der Waals surface area contributed by atoms with Crippen LogP contribution in [-0.4, -0.2) is 33.5 Å². The number of anilines is 1. The minimum Gasteiger partial charge on any atom is -0.338 e. The molecule has 6 nitrogen and oxygen atoms in total. The third kappa shape index (κ3) is 3.18. The highest BCUT2D eigenvalue weighted by Gasteiger charge is 2.22. The molecule has 3 aromatic rings. The van der Waals surface area contributed by atoms with Crippen molar-refractivity contribution in [2.45, 2.75) is 26.3 Å². The van der Waals surface area contributed by atoms with E-state index < -0.39 is 0 Å². The van der Waals surface area contributed by atoms with Crippen molar-refractivity contribution < 1.29 is 9.59 Å². The lowest BCUT2D eigenvalue weighted by Crippen LogP contribution is -2.37. The normalized spacial score (nSPS) is 13.5. The van der Waals surface area contributed by atoms with Crippen molar-refractivity contribution in [3.8, 4) is 0 Å². The Morgan fingerprint density at radius 3 is 2.88 bits per heavy atom. The molecule has 0 bridgehead atoms. The van der Waals surface area contributed by atoms with Gasteiger partial charge in [-0.25, -0.2) is 0 Å². The Labute approximate surface area is 151 Å². The first kappa shape index (κ1) is 16.3. The fourth-order valence-corrected chi connectivity index (χ4v) is 3.46. The Kier molecular flexibility index (Phi) is 4.16. The molecule has 0 aliphatic carbocycles. The molecular weight excluding hydrogens is 328 g/mol. The number of carbonyl (C=O) groups excluding carboxylic acids is 2. The van der Waals surface area contributed by atoms with Crippen LogP contribution < -0.4 is 5.32 Å². The number of hydrogen-bond donors (Lipinski definition) is 2. The zero-order valence-corrected chi connectivity index (χ0v) is 14.6. The summed E-state index contributed by atoms with van der Waals surface area (Å²) in [7, 11) is 0. The van der Waals surface area contributed by atoms with E-state index in [1.54, 1.807) is 0 Å². The SMILES string of the molecule is CC(=O)Nc1ccc2c(c1)CN(C(=O)Cc1[nH]nc3ccccc13)CC2. The van der Waals surface area contributed by atoms with Gasteiger partial charge in [0.1, 0.15) is 0 Å². The summed E-state index contributed by atoms with van der Waals surface area (Å²) >= 11 is 0. The second-order valence-electron chi connectivity index (χ2n) is 6.63. The number of fused-ring (bicyclic) bond motifs is 2. The highest BCUT2D eigenvalue weighted by atomic mass is 16.2. The van der Waals surface area contributed by atoms with E-state index in [2.05, 4.69) is 15.5 Å². The molecule has 2 heterocycles. The van der Waals surface area contributed by atoms with Gasteiger partial charge in [-0.3, -0.25) is 14.7 Å². The minimum atomic E-state index is -0.0974. The lowest BCUT2D eigenvalue weighted by atomic mass is 9.98. The third-order valence-corrected chi connectivity index (χ3v) is 4.76. The van der Waals surface area contributed by atoms with Crippen LogP contribution in [0.4, 0.5) is 5.69 Å². The van der Waals surface area contributed by atoms with E-state index >= 15 is 0 Å². The Morgan fingerprint density at radius 2 is 2.04 bits per heavy atom. The molecule has 0 fully saturated rings. The molecule has 2 aromatic carbocycles. The molecule has 0 unspecified atom stereocenters. The largest absolute Gasteiger partial charge is 0.338 e. The van der Waals surface area contributed by atoms with Crippen molar-refractivity contribution in [3.63, 3.8) is 0 Å². The van der Waals surface area contributed by atoms with Crippen LogP contribution in [0.15, 0.2) is 42.5 Å². The summed E-state index contributed by atoms with van der Waals surface area (Å²) in [5, 5.41) is 11.0. The van der Waals surface area contributed by atoms with E-state index in [9.17, 15) is 9.59 Å². The van der Waals surface area contributed by atoms with Crippen molar-refractivity contribution >= 4 is 28.4 Å². The van der Waals surface area contributed by atoms with Gasteiger partial charge in [0.15, 0.2) is 0 Å². The minimum absolute atomic E-state index is 0.0787. The molecular formula is C20H20N4O2. The molecule has 26 heavy (non-hydrogen) atoms. The van der Waals surface area contributed by atoms with E-state index in [0.29, 0.717) is 19.5 Å². The van der Waals surface area contributed by atoms with E-state index in [1.165, 1.54) is 12.5 Å². The fraction of sp³-hybridized carbons (Fsp3) is 0.250. The van der Waals surface area contributed by atoms with Crippen molar-refractivity contribution in [2.24, 2.45) is 0 Å². The Hall–Kier alpha value is -3.15. The molecule has 132 valence electrons. The van der Waals surface area contributed by atoms with Crippen molar-refractivity contribution in [2.75, 3.05) is 11.9 Å². The summed E-state index contributed by atoms with van der Waals surface area (Å²) in [6, 6.07) is 13.7. The standard InChI is InChI=1S/C20H20N4O2/c1-13(25)21-16-7-6-14-8-9-24(12-15(14)10-16)20(26)11-19-17-4-2-3-5-18(17)22-23-19/h2-7,10H,8-9,11-12H2,1H3,(H,21,25)(H,22,23). The number of amides is 2. The molecule has 1 aromatic heterocycles. The number of aromatic nitrogens is 2. The fourth-order valence-electron chi connectivity index (χ4n) is 3.46. The average molecular weight is 348 g/mol. The van der Waals surface area contributed by atoms with E-state index in [-0.39, 0.29) is 11.8 Å². The van der Waals surface area contributed by atoms with Crippen LogP contribution in [0.25, 0.3) is 10.9 Å². The smallest absolute Gasteiger partial charge is 0.228 e. The topological polar surface area (TPSA) is 78.1 Å². The summed E-state index contributed by atoms with van der Waals surface area (Å²) in [5.74, 6) is -0.0187. The molecule has 0 saturated heterocycles. The number of benzene rings is 2. The van der Waals surface area contributed by atoms with Crippen LogP contribution in [0.2, 0.25) is 0 Å². The Balaban J connectivity index is 1.51. The van der Waals surface area contributed by atoms with Crippen LogP contribution in [0.3, 0.4) is 0 Å². The number of H-pyrrole nitrogens is 1. The van der Waals surface area contributed by atoms with Gasteiger partial charge in [0.2, 0.25) is 11.8 Å². The highest BCUT2D eigenvalue weighted by Crippen LogP contribution is 2.24. The molecule has 1 aliphatic heterocycles. The maximum atomic E-state index is 12.8. The maximum Gasteiger partial charge on any atom is 0.228 e. The van der Waals surface area contributed by atoms with Crippen molar-refractivity contribution in [1.82, 2.24) is 15.1 Å². The number of hydrogen-bond acceptors (Lipinski definition) is 3. The van der Waals surface area contributed by atoms with Crippen LogP contribution in [0.5, 0.6) is 0 Å². The number of rotatable bonds is 3. The number of carbonyl (C=O) groups is 2. The first-order valence-corrected chi connectivity index (χ1v) is 8.69. The van der Waals surface area contributed by atoms with Gasteiger partial charge in [-0.1, -0.05) is 24.3 Å². The number of aromatic amines is 1. The average Bonchev–Trinajstić information content (AvgIpc) is 3.03. The highest BCUT2D eigenvalue weighted by molar-refractivity contribution is 5.89. The first-order chi connectivity index (χ1) is 12.6. The number of para-hydroxylation sites is 1. The van der Waals surface area contributed by atoms with Gasteiger partial charge in [0.05, 0.1) is 17.6 Å². The molecule has 2 N–H and O–H groups in total. The molecule has 1 aliphatic rings. The van der Waals surface area contributed by atoms with Gasteiger partial charge in [0.25, 0.3) is 0 Å². The first-order valence-electron chi connectivity index (χ1n) is 8.69. The molecule has 2 amide bonds. The van der Waals surface area contributed by atoms with E-state index in [0.717, 1.165) is 34.3 Å². The van der Waals surface area contributed by atoms with Gasteiger partial charge in [-0.05, 0) is 35.7 Å². The molecule has 4 rings (SSSR count). The van der Waals surface area contributed by atoms with Crippen molar-refractivity contribution in [1.29, 1.82) is 0 Å². The zero-order valence-electron chi connectivity index (χ0n) is 14.6. The van der Waals surface area contributed by atoms with E-state index in [1.807, 2.05) is 47.4 Å². The summed E-state index contributed by atoms with van der Waals surface area (Å²) in [4.78, 5) is 25.9. The monoisotopic (exact) mass is 348 g/mol. The Morgan fingerprint density at radius 1 is 1.19 bits per heavy atom. The van der Waals surface area contributed by atoms with Gasteiger partial charge >= 0.3 is 0 Å². The summed E-state index contributed by atoms with van der Waals surface area (Å²) in [5.41, 5.74) is 4.81. The van der Waals surface area contributed by atoms with Crippen LogP contribution >= 0.6 is 0 Å². The number of nitrogens with zero attached hydrogens (tertiary/aromatic N) is 2. The molecule has 0 saturated carbocycles. The van der Waals surface area contributed by atoms with Gasteiger partial charge in [-0.2, -0.15) is 5.10 Å². The third-order valence-electron chi connectivity index (χ3n) is 4.76. The zero-order chi connectivity index (χ0) is 18.1. The van der Waals surface area contributed by atoms with Crippen molar-refractivity contribution in [3.05, 3.63) is 59.3 Å². The summed E-state index contributed by atoms with van der Waals surface area (Å²) < 4.78 is 0. The quantitative estimate of drug-likeness (QED) is 0.764. The van der Waals surface area contributed by atoms with Crippen LogP contribution in [0.1, 0.15) is 23.7 Å². The molecule has 6 heteroatoms. The molecule has 0 radical (unpaired) electrons. The van der Waals surface area contributed by atoms with Gasteiger partial charge < -0.3 is 10.2 Å². The lowest BCUT2D eigenvalue weighted by molar-refractivity contribution is -0.131. The second kappa shape index (κ2) is 6.63. The predicted molar refractivity (Wildman–Crippen MR) is 99.7 cm³/mol. The lowest BCUT2D eigenvalue weighted by Gasteiger charge is -2.29. The summed E-state index contributed by atoms with van der Waals surface area (Å²) in [6.07, 6.45) is 1.13.